The molecule has 10 heteroatoms. The van der Waals surface area contributed by atoms with Crippen LogP contribution < -0.4 is 10.1 Å². The van der Waals surface area contributed by atoms with Crippen LogP contribution in [0.5, 0.6) is 5.75 Å². The number of amides is 2. The van der Waals surface area contributed by atoms with E-state index in [2.05, 4.69) is 22.4 Å². The van der Waals surface area contributed by atoms with Crippen molar-refractivity contribution >= 4 is 11.8 Å². The molecule has 2 saturated heterocycles. The molecule has 42 heavy (non-hydrogen) atoms. The fourth-order valence-corrected chi connectivity index (χ4v) is 5.26. The number of halogens is 1. The third kappa shape index (κ3) is 7.09. The number of likely N-dealkylation sites (tertiary alicyclic amines) is 2. The van der Waals surface area contributed by atoms with Crippen LogP contribution in [-0.4, -0.2) is 71.1 Å². The molecule has 2 amide bonds. The van der Waals surface area contributed by atoms with Gasteiger partial charge in [-0.15, -0.1) is 0 Å². The molecule has 2 aliphatic rings. The summed E-state index contributed by atoms with van der Waals surface area (Å²) in [5.74, 6) is 0.0646. The second kappa shape index (κ2) is 13.2. The first kappa shape index (κ1) is 28.7. The average molecular weight is 567 g/mol. The lowest BCUT2D eigenvalue weighted by Gasteiger charge is -2.35. The number of nitrogens with one attached hydrogen (secondary N) is 1. The van der Waals surface area contributed by atoms with Gasteiger partial charge in [-0.05, 0) is 60.5 Å². The molecular formula is C32H31FN6O3. The highest BCUT2D eigenvalue weighted by atomic mass is 19.1. The molecule has 0 aliphatic carbocycles. The summed E-state index contributed by atoms with van der Waals surface area (Å²) in [4.78, 5) is 33.8. The SMILES string of the molecule is N#Cc1ccc(CN2CCC(NC(=O)c3ccc(C(=O)N4CCC(Oc5ccc(C#N)cc5)CC4)nc3)C(F)C2)cc1. The second-order valence-corrected chi connectivity index (χ2v) is 10.6. The van der Waals surface area contributed by atoms with Gasteiger partial charge in [0.15, 0.2) is 0 Å². The van der Waals surface area contributed by atoms with E-state index in [4.69, 9.17) is 15.3 Å². The van der Waals surface area contributed by atoms with E-state index in [-0.39, 0.29) is 29.8 Å². The molecular weight excluding hydrogens is 535 g/mol. The van der Waals surface area contributed by atoms with Crippen molar-refractivity contribution in [3.8, 4) is 17.9 Å². The number of carbonyl (C=O) groups excluding carboxylic acids is 2. The lowest BCUT2D eigenvalue weighted by molar-refractivity contribution is 0.0589. The summed E-state index contributed by atoms with van der Waals surface area (Å²) in [6.45, 7) is 2.45. The van der Waals surface area contributed by atoms with Crippen LogP contribution >= 0.6 is 0 Å². The summed E-state index contributed by atoms with van der Waals surface area (Å²) < 4.78 is 21.0. The average Bonchev–Trinajstić information content (AvgIpc) is 3.03. The van der Waals surface area contributed by atoms with Gasteiger partial charge in [-0.2, -0.15) is 10.5 Å². The third-order valence-electron chi connectivity index (χ3n) is 7.69. The molecule has 2 aromatic carbocycles. The normalized spacial score (nSPS) is 19.4. The molecule has 2 aliphatic heterocycles. The van der Waals surface area contributed by atoms with Crippen LogP contribution in [0.4, 0.5) is 4.39 Å². The number of rotatable bonds is 7. The molecule has 2 fully saturated rings. The lowest BCUT2D eigenvalue weighted by Crippen LogP contribution is -2.52. The molecule has 2 unspecified atom stereocenters. The van der Waals surface area contributed by atoms with Crippen molar-refractivity contribution in [2.24, 2.45) is 0 Å². The zero-order valence-corrected chi connectivity index (χ0v) is 23.1. The first-order chi connectivity index (χ1) is 20.4. The summed E-state index contributed by atoms with van der Waals surface area (Å²) in [6.07, 6.45) is 1.92. The summed E-state index contributed by atoms with van der Waals surface area (Å²) >= 11 is 0. The number of hydrogen-bond donors (Lipinski definition) is 1. The van der Waals surface area contributed by atoms with Crippen molar-refractivity contribution in [2.75, 3.05) is 26.2 Å². The minimum Gasteiger partial charge on any atom is -0.490 e. The summed E-state index contributed by atoms with van der Waals surface area (Å²) in [5, 5.41) is 20.7. The van der Waals surface area contributed by atoms with E-state index in [0.717, 1.165) is 5.56 Å². The molecule has 0 spiro atoms. The van der Waals surface area contributed by atoms with Crippen LogP contribution in [0.25, 0.3) is 0 Å². The number of ether oxygens (including phenoxy) is 1. The van der Waals surface area contributed by atoms with E-state index in [1.165, 1.54) is 12.3 Å². The number of nitriles is 2. The topological polar surface area (TPSA) is 122 Å². The number of nitrogens with zero attached hydrogens (tertiary/aromatic N) is 5. The molecule has 5 rings (SSSR count). The number of piperidine rings is 2. The minimum absolute atomic E-state index is 0.0248. The van der Waals surface area contributed by atoms with Gasteiger partial charge in [0.1, 0.15) is 23.7 Å². The molecule has 0 bridgehead atoms. The predicted molar refractivity (Wildman–Crippen MR) is 152 cm³/mol. The van der Waals surface area contributed by atoms with Gasteiger partial charge >= 0.3 is 0 Å². The molecule has 0 saturated carbocycles. The van der Waals surface area contributed by atoms with Gasteiger partial charge in [-0.3, -0.25) is 19.5 Å². The molecule has 1 aromatic heterocycles. The van der Waals surface area contributed by atoms with Crippen molar-refractivity contribution in [3.05, 3.63) is 94.8 Å². The van der Waals surface area contributed by atoms with Crippen molar-refractivity contribution in [2.45, 2.75) is 44.1 Å². The number of alkyl halides is 1. The molecule has 9 nitrogen and oxygen atoms in total. The van der Waals surface area contributed by atoms with Crippen molar-refractivity contribution in [1.82, 2.24) is 20.1 Å². The first-order valence-electron chi connectivity index (χ1n) is 14.0. The van der Waals surface area contributed by atoms with E-state index in [1.54, 1.807) is 47.4 Å². The summed E-state index contributed by atoms with van der Waals surface area (Å²) in [5.41, 5.74) is 2.68. The molecule has 1 N–H and O–H groups in total. The van der Waals surface area contributed by atoms with Crippen LogP contribution in [0.3, 0.4) is 0 Å². The van der Waals surface area contributed by atoms with Crippen LogP contribution in [-0.2, 0) is 6.54 Å². The van der Waals surface area contributed by atoms with Gasteiger partial charge in [-0.1, -0.05) is 12.1 Å². The van der Waals surface area contributed by atoms with Crippen LogP contribution in [0.1, 0.15) is 56.8 Å². The maximum Gasteiger partial charge on any atom is 0.272 e. The number of pyridine rings is 1. The maximum absolute atomic E-state index is 15.0. The zero-order chi connectivity index (χ0) is 29.5. The zero-order valence-electron chi connectivity index (χ0n) is 23.1. The molecule has 3 aromatic rings. The largest absolute Gasteiger partial charge is 0.490 e. The fourth-order valence-electron chi connectivity index (χ4n) is 5.26. The Labute approximate surface area is 244 Å². The van der Waals surface area contributed by atoms with Crippen LogP contribution in [0.2, 0.25) is 0 Å². The van der Waals surface area contributed by atoms with Gasteiger partial charge in [0.2, 0.25) is 0 Å². The Bertz CT molecular complexity index is 1470. The highest BCUT2D eigenvalue weighted by Gasteiger charge is 2.31. The maximum atomic E-state index is 15.0. The van der Waals surface area contributed by atoms with Gasteiger partial charge < -0.3 is 15.0 Å². The minimum atomic E-state index is -1.22. The monoisotopic (exact) mass is 566 g/mol. The Kier molecular flexibility index (Phi) is 9.05. The van der Waals surface area contributed by atoms with E-state index in [9.17, 15) is 14.0 Å². The molecule has 2 atom stereocenters. The Morgan fingerprint density at radius 3 is 2.19 bits per heavy atom. The fraction of sp³-hybridized carbons (Fsp3) is 0.344. The van der Waals surface area contributed by atoms with Gasteiger partial charge in [0.05, 0.1) is 34.9 Å². The van der Waals surface area contributed by atoms with Crippen molar-refractivity contribution < 1.29 is 18.7 Å². The van der Waals surface area contributed by atoms with Gasteiger partial charge in [0, 0.05) is 51.8 Å². The predicted octanol–water partition coefficient (Wildman–Crippen LogP) is 3.85. The van der Waals surface area contributed by atoms with Gasteiger partial charge in [-0.25, -0.2) is 4.39 Å². The van der Waals surface area contributed by atoms with E-state index >= 15 is 0 Å². The van der Waals surface area contributed by atoms with Crippen molar-refractivity contribution in [1.29, 1.82) is 10.5 Å². The molecule has 214 valence electrons. The second-order valence-electron chi connectivity index (χ2n) is 10.6. The highest BCUT2D eigenvalue weighted by molar-refractivity contribution is 5.96. The third-order valence-corrected chi connectivity index (χ3v) is 7.69. The van der Waals surface area contributed by atoms with E-state index in [1.807, 2.05) is 17.0 Å². The number of aromatic nitrogens is 1. The first-order valence-corrected chi connectivity index (χ1v) is 14.0. The highest BCUT2D eigenvalue weighted by Crippen LogP contribution is 2.21. The Morgan fingerprint density at radius 2 is 1.60 bits per heavy atom. The Hall–Kier alpha value is -4.80. The smallest absolute Gasteiger partial charge is 0.272 e. The Morgan fingerprint density at radius 1 is 0.929 bits per heavy atom. The molecule has 3 heterocycles. The van der Waals surface area contributed by atoms with Crippen LogP contribution in [0, 0.1) is 22.7 Å². The number of hydrogen-bond acceptors (Lipinski definition) is 7. The van der Waals surface area contributed by atoms with E-state index < -0.39 is 18.1 Å². The number of benzene rings is 2. The summed E-state index contributed by atoms with van der Waals surface area (Å²) in [7, 11) is 0. The lowest BCUT2D eigenvalue weighted by atomic mass is 10.0. The Balaban J connectivity index is 1.07. The van der Waals surface area contributed by atoms with Crippen molar-refractivity contribution in [3.63, 3.8) is 0 Å². The number of carbonyl (C=O) groups is 2. The van der Waals surface area contributed by atoms with Crippen LogP contribution in [0.15, 0.2) is 66.9 Å². The molecule has 0 radical (unpaired) electrons. The van der Waals surface area contributed by atoms with E-state index in [0.29, 0.717) is 62.3 Å². The quantitative estimate of drug-likeness (QED) is 0.461. The standard InChI is InChI=1S/C32H31FN6O3/c33-28-21-38(20-24-3-1-22(17-34)2-4-24)14-13-29(28)37-31(40)25-7-10-30(36-19-25)32(41)39-15-11-27(12-16-39)42-26-8-5-23(18-35)6-9-26/h1-10,19,27-29H,11-16,20-21H2,(H,37,40). The van der Waals surface area contributed by atoms with Gasteiger partial charge in [0.25, 0.3) is 11.8 Å². The summed E-state index contributed by atoms with van der Waals surface area (Å²) in [6, 6.07) is 20.8.